The first-order chi connectivity index (χ1) is 8.25. The fraction of sp³-hybridized carbons (Fsp3) is 1.00. The molecule has 1 atom stereocenters. The van der Waals surface area contributed by atoms with Gasteiger partial charge in [-0.05, 0) is 69.5 Å². The normalized spacial score (nSPS) is 32.8. The van der Waals surface area contributed by atoms with Gasteiger partial charge in [-0.15, -0.1) is 12.4 Å². The summed E-state index contributed by atoms with van der Waals surface area (Å²) in [4.78, 5) is 2.74. The number of hydrogen-bond acceptors (Lipinski definition) is 2. The first kappa shape index (κ1) is 14.6. The van der Waals surface area contributed by atoms with Gasteiger partial charge in [0.25, 0.3) is 0 Å². The Bertz CT molecular complexity index is 251. The molecule has 2 nitrogen and oxygen atoms in total. The summed E-state index contributed by atoms with van der Waals surface area (Å²) in [5, 5.41) is 3.69. The molecule has 2 aliphatic heterocycles. The second-order valence-corrected chi connectivity index (χ2v) is 6.98. The Morgan fingerprint density at radius 2 is 1.83 bits per heavy atom. The highest BCUT2D eigenvalue weighted by molar-refractivity contribution is 5.85. The van der Waals surface area contributed by atoms with Crippen LogP contribution in [0.3, 0.4) is 0 Å². The summed E-state index contributed by atoms with van der Waals surface area (Å²) in [7, 11) is 0. The molecular formula is C15H29ClN2. The van der Waals surface area contributed by atoms with Crippen LogP contribution in [0, 0.1) is 11.3 Å². The number of nitrogens with zero attached hydrogens (tertiary/aromatic N) is 1. The van der Waals surface area contributed by atoms with Crippen LogP contribution in [0.5, 0.6) is 0 Å². The third-order valence-corrected chi connectivity index (χ3v) is 5.47. The summed E-state index contributed by atoms with van der Waals surface area (Å²) in [6.45, 7) is 7.85. The Morgan fingerprint density at radius 1 is 1.11 bits per heavy atom. The van der Waals surface area contributed by atoms with Crippen molar-refractivity contribution in [1.29, 1.82) is 0 Å². The number of piperidine rings is 1. The van der Waals surface area contributed by atoms with Crippen molar-refractivity contribution in [2.24, 2.45) is 11.3 Å². The van der Waals surface area contributed by atoms with Crippen molar-refractivity contribution in [3.63, 3.8) is 0 Å². The summed E-state index contributed by atoms with van der Waals surface area (Å²) < 4.78 is 0. The van der Waals surface area contributed by atoms with E-state index in [0.717, 1.165) is 12.0 Å². The van der Waals surface area contributed by atoms with Crippen LogP contribution in [0.1, 0.15) is 51.9 Å². The predicted octanol–water partition coefficient (Wildman–Crippen LogP) is 3.06. The lowest BCUT2D eigenvalue weighted by molar-refractivity contribution is 0.0595. The molecule has 2 heterocycles. The second kappa shape index (κ2) is 6.11. The topological polar surface area (TPSA) is 15.3 Å². The van der Waals surface area contributed by atoms with E-state index in [9.17, 15) is 0 Å². The largest absolute Gasteiger partial charge is 0.314 e. The molecule has 1 aliphatic carbocycles. The second-order valence-electron chi connectivity index (χ2n) is 6.98. The van der Waals surface area contributed by atoms with Crippen molar-refractivity contribution in [2.45, 2.75) is 57.9 Å². The summed E-state index contributed by atoms with van der Waals surface area (Å²) in [5.74, 6) is 0.975. The van der Waals surface area contributed by atoms with E-state index >= 15 is 0 Å². The van der Waals surface area contributed by atoms with Gasteiger partial charge >= 0.3 is 0 Å². The third kappa shape index (κ3) is 3.20. The van der Waals surface area contributed by atoms with E-state index in [2.05, 4.69) is 17.1 Å². The fourth-order valence-corrected chi connectivity index (χ4v) is 4.11. The minimum atomic E-state index is 0. The van der Waals surface area contributed by atoms with E-state index < -0.39 is 0 Å². The first-order valence-electron chi connectivity index (χ1n) is 7.71. The van der Waals surface area contributed by atoms with Gasteiger partial charge in [0.05, 0.1) is 0 Å². The molecule has 0 aromatic carbocycles. The van der Waals surface area contributed by atoms with E-state index in [-0.39, 0.29) is 12.4 Å². The van der Waals surface area contributed by atoms with Gasteiger partial charge in [-0.25, -0.2) is 0 Å². The van der Waals surface area contributed by atoms with Crippen LogP contribution in [0.15, 0.2) is 0 Å². The molecule has 0 aromatic rings. The first-order valence-corrected chi connectivity index (χ1v) is 7.71. The average molecular weight is 273 g/mol. The molecule has 0 radical (unpaired) electrons. The Labute approximate surface area is 118 Å². The van der Waals surface area contributed by atoms with E-state index in [4.69, 9.17) is 0 Å². The molecule has 2 saturated heterocycles. The number of likely N-dealkylation sites (tertiary alicyclic amines) is 1. The molecule has 0 aromatic heterocycles. The van der Waals surface area contributed by atoms with E-state index in [0.29, 0.717) is 5.41 Å². The lowest BCUT2D eigenvalue weighted by Gasteiger charge is -2.44. The van der Waals surface area contributed by atoms with Gasteiger partial charge in [-0.2, -0.15) is 0 Å². The SMILES string of the molecule is CC1(CN2CCC(C3CCCN3)CC2)CCC1.Cl. The number of hydrogen-bond donors (Lipinski definition) is 1. The van der Waals surface area contributed by atoms with Gasteiger partial charge < -0.3 is 10.2 Å². The molecule has 106 valence electrons. The number of rotatable bonds is 3. The zero-order valence-electron chi connectivity index (χ0n) is 11.8. The maximum absolute atomic E-state index is 3.69. The maximum atomic E-state index is 3.69. The zero-order valence-corrected chi connectivity index (χ0v) is 12.6. The summed E-state index contributed by atoms with van der Waals surface area (Å²) in [6.07, 6.45) is 10.1. The summed E-state index contributed by atoms with van der Waals surface area (Å²) >= 11 is 0. The van der Waals surface area contributed by atoms with Gasteiger partial charge in [0.1, 0.15) is 0 Å². The Kier molecular flexibility index (Phi) is 4.96. The third-order valence-electron chi connectivity index (χ3n) is 5.47. The maximum Gasteiger partial charge on any atom is 0.00967 e. The lowest BCUT2D eigenvalue weighted by Crippen LogP contribution is -2.46. The standard InChI is InChI=1S/C15H28N2.ClH/c1-15(7-3-8-15)12-17-10-5-13(6-11-17)14-4-2-9-16-14;/h13-14,16H,2-12H2,1H3;1H. The molecule has 3 rings (SSSR count). The molecule has 0 spiro atoms. The van der Waals surface area contributed by atoms with Crippen LogP contribution < -0.4 is 5.32 Å². The molecule has 0 amide bonds. The van der Waals surface area contributed by atoms with Crippen LogP contribution in [-0.4, -0.2) is 37.1 Å². The monoisotopic (exact) mass is 272 g/mol. The van der Waals surface area contributed by atoms with Crippen molar-refractivity contribution in [3.8, 4) is 0 Å². The quantitative estimate of drug-likeness (QED) is 0.850. The fourth-order valence-electron chi connectivity index (χ4n) is 4.11. The van der Waals surface area contributed by atoms with Crippen LogP contribution in [0.2, 0.25) is 0 Å². The van der Waals surface area contributed by atoms with Gasteiger partial charge in [-0.3, -0.25) is 0 Å². The van der Waals surface area contributed by atoms with Crippen molar-refractivity contribution < 1.29 is 0 Å². The van der Waals surface area contributed by atoms with Crippen LogP contribution in [0.25, 0.3) is 0 Å². The molecule has 3 heteroatoms. The molecule has 0 bridgehead atoms. The van der Waals surface area contributed by atoms with Crippen molar-refractivity contribution >= 4 is 12.4 Å². The van der Waals surface area contributed by atoms with Crippen molar-refractivity contribution in [2.75, 3.05) is 26.2 Å². The molecule has 3 fully saturated rings. The Balaban J connectivity index is 0.00000120. The lowest BCUT2D eigenvalue weighted by atomic mass is 9.70. The highest BCUT2D eigenvalue weighted by Gasteiger charge is 2.35. The number of nitrogens with one attached hydrogen (secondary N) is 1. The highest BCUT2D eigenvalue weighted by Crippen LogP contribution is 2.41. The Hall–Kier alpha value is 0.210. The minimum Gasteiger partial charge on any atom is -0.314 e. The zero-order chi connectivity index (χ0) is 11.7. The molecule has 1 N–H and O–H groups in total. The average Bonchev–Trinajstić information content (AvgIpc) is 2.81. The van der Waals surface area contributed by atoms with Crippen LogP contribution in [0.4, 0.5) is 0 Å². The smallest absolute Gasteiger partial charge is 0.00967 e. The van der Waals surface area contributed by atoms with Gasteiger partial charge in [-0.1, -0.05) is 13.3 Å². The van der Waals surface area contributed by atoms with Crippen molar-refractivity contribution in [3.05, 3.63) is 0 Å². The number of halogens is 1. The van der Waals surface area contributed by atoms with Crippen LogP contribution in [-0.2, 0) is 0 Å². The molecule has 1 saturated carbocycles. The molecular weight excluding hydrogens is 244 g/mol. The van der Waals surface area contributed by atoms with Gasteiger partial charge in [0.2, 0.25) is 0 Å². The van der Waals surface area contributed by atoms with Gasteiger partial charge in [0.15, 0.2) is 0 Å². The predicted molar refractivity (Wildman–Crippen MR) is 79.4 cm³/mol. The highest BCUT2D eigenvalue weighted by atomic mass is 35.5. The summed E-state index contributed by atoms with van der Waals surface area (Å²) in [6, 6.07) is 0.858. The Morgan fingerprint density at radius 3 is 2.33 bits per heavy atom. The van der Waals surface area contributed by atoms with E-state index in [1.165, 1.54) is 71.1 Å². The van der Waals surface area contributed by atoms with E-state index in [1.54, 1.807) is 0 Å². The minimum absolute atomic E-state index is 0. The van der Waals surface area contributed by atoms with Gasteiger partial charge in [0, 0.05) is 12.6 Å². The summed E-state index contributed by atoms with van der Waals surface area (Å²) in [5.41, 5.74) is 0.679. The van der Waals surface area contributed by atoms with Crippen LogP contribution >= 0.6 is 12.4 Å². The molecule has 3 aliphatic rings. The molecule has 1 unspecified atom stereocenters. The van der Waals surface area contributed by atoms with E-state index in [1.807, 2.05) is 0 Å². The molecule has 18 heavy (non-hydrogen) atoms. The van der Waals surface area contributed by atoms with Crippen molar-refractivity contribution in [1.82, 2.24) is 10.2 Å².